The minimum atomic E-state index is -0.391. The Morgan fingerprint density at radius 1 is 1.31 bits per heavy atom. The zero-order valence-corrected chi connectivity index (χ0v) is 10.3. The van der Waals surface area contributed by atoms with Crippen LogP contribution in [0, 0.1) is 6.92 Å². The molecule has 0 saturated carbocycles. The highest BCUT2D eigenvalue weighted by Crippen LogP contribution is 2.19. The Hall–Kier alpha value is -1.36. The molecule has 0 saturated heterocycles. The molecule has 1 aromatic heterocycles. The first-order valence-corrected chi connectivity index (χ1v) is 5.55. The molecule has 0 aromatic carbocycles. The minimum Gasteiger partial charge on any atom is -0.392 e. The lowest BCUT2D eigenvalue weighted by molar-refractivity contribution is 0.208. The number of nitrogens with one attached hydrogen (secondary N) is 2. The molecule has 0 aliphatic heterocycles. The average molecular weight is 224 g/mol. The van der Waals surface area contributed by atoms with Gasteiger partial charge in [-0.1, -0.05) is 6.92 Å². The molecular formula is C11H20N4O. The van der Waals surface area contributed by atoms with E-state index in [1.165, 1.54) is 0 Å². The van der Waals surface area contributed by atoms with Crippen LogP contribution >= 0.6 is 0 Å². The first-order chi connectivity index (χ1) is 7.58. The summed E-state index contributed by atoms with van der Waals surface area (Å²) in [6.07, 6.45) is 0.399. The zero-order valence-electron chi connectivity index (χ0n) is 10.3. The molecule has 1 unspecified atom stereocenters. The van der Waals surface area contributed by atoms with E-state index in [2.05, 4.69) is 20.6 Å². The smallest absolute Gasteiger partial charge is 0.134 e. The van der Waals surface area contributed by atoms with Gasteiger partial charge in [-0.2, -0.15) is 0 Å². The molecule has 0 aliphatic rings. The zero-order chi connectivity index (χ0) is 12.1. The van der Waals surface area contributed by atoms with E-state index in [1.807, 2.05) is 20.9 Å². The molecule has 0 aliphatic carbocycles. The molecule has 1 atom stereocenters. The summed E-state index contributed by atoms with van der Waals surface area (Å²) < 4.78 is 0. The van der Waals surface area contributed by atoms with Crippen LogP contribution in [0.1, 0.15) is 25.2 Å². The number of nitrogens with zero attached hydrogens (tertiary/aromatic N) is 2. The van der Waals surface area contributed by atoms with E-state index < -0.39 is 6.10 Å². The summed E-state index contributed by atoms with van der Waals surface area (Å²) in [7, 11) is 1.84. The maximum absolute atomic E-state index is 9.24. The van der Waals surface area contributed by atoms with Gasteiger partial charge in [0, 0.05) is 25.6 Å². The highest BCUT2D eigenvalue weighted by molar-refractivity contribution is 5.57. The Bertz CT molecular complexity index is 352. The number of aryl methyl sites for hydroxylation is 1. The predicted octanol–water partition coefficient (Wildman–Crippen LogP) is 1.18. The summed E-state index contributed by atoms with van der Waals surface area (Å²) in [5.41, 5.74) is 0.973. The number of aromatic nitrogens is 2. The highest BCUT2D eigenvalue weighted by atomic mass is 16.3. The van der Waals surface area contributed by atoms with Crippen LogP contribution in [0.15, 0.2) is 0 Å². The second-order valence-corrected chi connectivity index (χ2v) is 3.80. The van der Waals surface area contributed by atoms with Gasteiger partial charge >= 0.3 is 0 Å². The van der Waals surface area contributed by atoms with Gasteiger partial charge in [0.25, 0.3) is 0 Å². The molecule has 0 radical (unpaired) electrons. The van der Waals surface area contributed by atoms with Gasteiger partial charge in [-0.3, -0.25) is 0 Å². The van der Waals surface area contributed by atoms with E-state index in [1.54, 1.807) is 6.92 Å². The molecule has 0 fully saturated rings. The van der Waals surface area contributed by atoms with Gasteiger partial charge in [0.15, 0.2) is 0 Å². The molecular weight excluding hydrogens is 204 g/mol. The molecule has 16 heavy (non-hydrogen) atoms. The van der Waals surface area contributed by atoms with Crippen LogP contribution in [-0.4, -0.2) is 34.8 Å². The highest BCUT2D eigenvalue weighted by Gasteiger charge is 2.09. The van der Waals surface area contributed by atoms with Crippen molar-refractivity contribution in [2.45, 2.75) is 33.3 Å². The quantitative estimate of drug-likeness (QED) is 0.700. The van der Waals surface area contributed by atoms with E-state index >= 15 is 0 Å². The second-order valence-electron chi connectivity index (χ2n) is 3.80. The molecule has 0 spiro atoms. The van der Waals surface area contributed by atoms with Crippen LogP contribution in [0.2, 0.25) is 0 Å². The van der Waals surface area contributed by atoms with Crippen LogP contribution in [0.25, 0.3) is 0 Å². The molecule has 1 heterocycles. The van der Waals surface area contributed by atoms with Crippen LogP contribution in [-0.2, 0) is 6.42 Å². The number of anilines is 2. The fourth-order valence-corrected chi connectivity index (χ4v) is 1.38. The average Bonchev–Trinajstić information content (AvgIpc) is 2.27. The van der Waals surface area contributed by atoms with E-state index in [4.69, 9.17) is 0 Å². The Balaban J connectivity index is 2.96. The van der Waals surface area contributed by atoms with Crippen LogP contribution in [0.3, 0.4) is 0 Å². The maximum Gasteiger partial charge on any atom is 0.134 e. The Kier molecular flexibility index (Phi) is 4.49. The van der Waals surface area contributed by atoms with Gasteiger partial charge in [0.1, 0.15) is 17.5 Å². The van der Waals surface area contributed by atoms with Gasteiger partial charge in [-0.25, -0.2) is 9.97 Å². The van der Waals surface area contributed by atoms with Crippen molar-refractivity contribution < 1.29 is 5.11 Å². The third-order valence-electron chi connectivity index (χ3n) is 2.31. The third kappa shape index (κ3) is 3.06. The summed E-state index contributed by atoms with van der Waals surface area (Å²) in [5.74, 6) is 2.42. The van der Waals surface area contributed by atoms with Crippen molar-refractivity contribution in [3.05, 3.63) is 11.4 Å². The number of rotatable bonds is 5. The largest absolute Gasteiger partial charge is 0.392 e. The predicted molar refractivity (Wildman–Crippen MR) is 65.9 cm³/mol. The molecule has 0 amide bonds. The third-order valence-corrected chi connectivity index (χ3v) is 2.31. The fourth-order valence-electron chi connectivity index (χ4n) is 1.38. The Labute approximate surface area is 96.3 Å². The van der Waals surface area contributed by atoms with Gasteiger partial charge in [-0.05, 0) is 13.8 Å². The van der Waals surface area contributed by atoms with Gasteiger partial charge in [0.05, 0.1) is 6.10 Å². The summed E-state index contributed by atoms with van der Waals surface area (Å²) in [6, 6.07) is 0. The molecule has 0 bridgehead atoms. The van der Waals surface area contributed by atoms with Gasteiger partial charge < -0.3 is 15.7 Å². The number of aliphatic hydroxyl groups is 1. The Morgan fingerprint density at radius 3 is 2.44 bits per heavy atom. The molecule has 3 N–H and O–H groups in total. The number of hydrogen-bond acceptors (Lipinski definition) is 5. The first kappa shape index (κ1) is 12.7. The van der Waals surface area contributed by atoms with Crippen molar-refractivity contribution in [1.29, 1.82) is 0 Å². The standard InChI is InChI=1S/C11H20N4O/c1-5-9-14-10(12-4)8(3)11(15-9)13-6-7(2)16/h7,16H,5-6H2,1-4H3,(H2,12,13,14,15). The summed E-state index contributed by atoms with van der Waals surface area (Å²) in [6.45, 7) is 6.20. The first-order valence-electron chi connectivity index (χ1n) is 5.55. The SMILES string of the molecule is CCc1nc(NC)c(C)c(NCC(C)O)n1. The topological polar surface area (TPSA) is 70.1 Å². The lowest BCUT2D eigenvalue weighted by atomic mass is 10.2. The van der Waals surface area contributed by atoms with Gasteiger partial charge in [0.2, 0.25) is 0 Å². The van der Waals surface area contributed by atoms with Crippen LogP contribution < -0.4 is 10.6 Å². The van der Waals surface area contributed by atoms with Gasteiger partial charge in [-0.15, -0.1) is 0 Å². The summed E-state index contributed by atoms with van der Waals surface area (Å²) in [4.78, 5) is 8.77. The Morgan fingerprint density at radius 2 is 1.94 bits per heavy atom. The van der Waals surface area contributed by atoms with Crippen LogP contribution in [0.4, 0.5) is 11.6 Å². The molecule has 90 valence electrons. The second kappa shape index (κ2) is 5.65. The monoisotopic (exact) mass is 224 g/mol. The maximum atomic E-state index is 9.24. The van der Waals surface area contributed by atoms with E-state index in [9.17, 15) is 5.11 Å². The van der Waals surface area contributed by atoms with Crippen LogP contribution in [0.5, 0.6) is 0 Å². The summed E-state index contributed by atoms with van der Waals surface area (Å²) >= 11 is 0. The molecule has 1 aromatic rings. The van der Waals surface area contributed by atoms with Crippen molar-refractivity contribution in [3.8, 4) is 0 Å². The van der Waals surface area contributed by atoms with Crippen molar-refractivity contribution in [1.82, 2.24) is 9.97 Å². The molecule has 5 nitrogen and oxygen atoms in total. The number of aliphatic hydroxyl groups excluding tert-OH is 1. The van der Waals surface area contributed by atoms with Crippen molar-refractivity contribution in [3.63, 3.8) is 0 Å². The lowest BCUT2D eigenvalue weighted by Gasteiger charge is -2.14. The fraction of sp³-hybridized carbons (Fsp3) is 0.636. The van der Waals surface area contributed by atoms with E-state index in [0.717, 1.165) is 29.4 Å². The number of hydrogen-bond donors (Lipinski definition) is 3. The van der Waals surface area contributed by atoms with Crippen molar-refractivity contribution >= 4 is 11.6 Å². The molecule has 5 heteroatoms. The van der Waals surface area contributed by atoms with E-state index in [-0.39, 0.29) is 0 Å². The summed E-state index contributed by atoms with van der Waals surface area (Å²) in [5, 5.41) is 15.4. The normalized spacial score (nSPS) is 12.3. The molecule has 1 rings (SSSR count). The lowest BCUT2D eigenvalue weighted by Crippen LogP contribution is -2.18. The van der Waals surface area contributed by atoms with Crippen molar-refractivity contribution in [2.24, 2.45) is 0 Å². The van der Waals surface area contributed by atoms with E-state index in [0.29, 0.717) is 6.54 Å². The van der Waals surface area contributed by atoms with Crippen molar-refractivity contribution in [2.75, 3.05) is 24.2 Å². The minimum absolute atomic E-state index is 0.391.